The van der Waals surface area contributed by atoms with Gasteiger partial charge in [0.15, 0.2) is 0 Å². The molecule has 4 nitrogen and oxygen atoms in total. The molecule has 0 saturated carbocycles. The Morgan fingerprint density at radius 3 is 2.50 bits per heavy atom. The number of imidazole rings is 1. The fourth-order valence-corrected chi connectivity index (χ4v) is 1.96. The molecule has 0 aliphatic heterocycles. The first-order valence-electron chi connectivity index (χ1n) is 5.89. The van der Waals surface area contributed by atoms with Crippen molar-refractivity contribution in [2.75, 3.05) is 5.32 Å². The van der Waals surface area contributed by atoms with E-state index in [4.69, 9.17) is 0 Å². The monoisotopic (exact) mass is 243 g/mol. The molecule has 2 rings (SSSR count). The zero-order valence-corrected chi connectivity index (χ0v) is 10.9. The first kappa shape index (κ1) is 12.4. The number of amides is 1. The van der Waals surface area contributed by atoms with Crippen molar-refractivity contribution in [2.24, 2.45) is 7.05 Å². The highest BCUT2D eigenvalue weighted by molar-refractivity contribution is 5.92. The third-order valence-corrected chi connectivity index (χ3v) is 2.75. The molecule has 0 fully saturated rings. The maximum absolute atomic E-state index is 11.9. The Morgan fingerprint density at radius 2 is 1.94 bits per heavy atom. The number of benzene rings is 1. The molecule has 0 unspecified atom stereocenters. The van der Waals surface area contributed by atoms with E-state index in [1.165, 1.54) is 0 Å². The van der Waals surface area contributed by atoms with Crippen LogP contribution in [0.3, 0.4) is 0 Å². The van der Waals surface area contributed by atoms with Gasteiger partial charge >= 0.3 is 0 Å². The zero-order valence-electron chi connectivity index (χ0n) is 10.9. The number of carbonyl (C=O) groups excluding carboxylic acids is 1. The summed E-state index contributed by atoms with van der Waals surface area (Å²) in [6.07, 6.45) is 3.81. The molecule has 0 saturated heterocycles. The lowest BCUT2D eigenvalue weighted by molar-refractivity contribution is -0.115. The molecule has 0 aliphatic carbocycles. The summed E-state index contributed by atoms with van der Waals surface area (Å²) in [5.74, 6) is 0.714. The van der Waals surface area contributed by atoms with E-state index in [1.54, 1.807) is 6.20 Å². The van der Waals surface area contributed by atoms with E-state index < -0.39 is 0 Å². The summed E-state index contributed by atoms with van der Waals surface area (Å²) in [5, 5.41) is 2.90. The van der Waals surface area contributed by atoms with Gasteiger partial charge in [0, 0.05) is 25.1 Å². The highest BCUT2D eigenvalue weighted by atomic mass is 16.1. The summed E-state index contributed by atoms with van der Waals surface area (Å²) in [4.78, 5) is 16.0. The Hall–Kier alpha value is -2.10. The maximum atomic E-state index is 11.9. The number of anilines is 1. The lowest BCUT2D eigenvalue weighted by Crippen LogP contribution is -2.16. The third kappa shape index (κ3) is 2.97. The molecule has 1 heterocycles. The average molecular weight is 243 g/mol. The summed E-state index contributed by atoms with van der Waals surface area (Å²) < 4.78 is 1.85. The lowest BCUT2D eigenvalue weighted by atomic mass is 10.1. The van der Waals surface area contributed by atoms with Gasteiger partial charge in [0.25, 0.3) is 0 Å². The SMILES string of the molecule is Cc1cc(C)cc(NC(=O)Cc2nccn2C)c1. The predicted molar refractivity (Wildman–Crippen MR) is 71.5 cm³/mol. The minimum absolute atomic E-state index is 0.0469. The molecule has 1 aromatic heterocycles. The Bertz CT molecular complexity index is 552. The number of carbonyl (C=O) groups is 1. The number of aromatic nitrogens is 2. The van der Waals surface area contributed by atoms with Gasteiger partial charge in [-0.2, -0.15) is 0 Å². The van der Waals surface area contributed by atoms with Gasteiger partial charge in [-0.05, 0) is 37.1 Å². The second kappa shape index (κ2) is 5.04. The first-order chi connectivity index (χ1) is 8.54. The van der Waals surface area contributed by atoms with Gasteiger partial charge in [0.05, 0.1) is 6.42 Å². The molecule has 1 amide bonds. The van der Waals surface area contributed by atoms with Crippen LogP contribution in [0.4, 0.5) is 5.69 Å². The van der Waals surface area contributed by atoms with Gasteiger partial charge in [-0.1, -0.05) is 6.07 Å². The second-order valence-corrected chi connectivity index (χ2v) is 4.56. The Balaban J connectivity index is 2.05. The van der Waals surface area contributed by atoms with Crippen LogP contribution in [-0.2, 0) is 18.3 Å². The number of hydrogen-bond acceptors (Lipinski definition) is 2. The molecule has 1 N–H and O–H groups in total. The third-order valence-electron chi connectivity index (χ3n) is 2.75. The summed E-state index contributed by atoms with van der Waals surface area (Å²) in [7, 11) is 1.88. The first-order valence-corrected chi connectivity index (χ1v) is 5.89. The van der Waals surface area contributed by atoms with Crippen LogP contribution in [0.1, 0.15) is 17.0 Å². The highest BCUT2D eigenvalue weighted by Crippen LogP contribution is 2.14. The van der Waals surface area contributed by atoms with Crippen LogP contribution >= 0.6 is 0 Å². The van der Waals surface area contributed by atoms with Crippen LogP contribution in [0.5, 0.6) is 0 Å². The second-order valence-electron chi connectivity index (χ2n) is 4.56. The average Bonchev–Trinajstić information content (AvgIpc) is 2.62. The van der Waals surface area contributed by atoms with Gasteiger partial charge in [0.2, 0.25) is 5.91 Å². The van der Waals surface area contributed by atoms with Gasteiger partial charge in [-0.3, -0.25) is 4.79 Å². The predicted octanol–water partition coefficient (Wildman–Crippen LogP) is 2.22. The van der Waals surface area contributed by atoms with E-state index in [9.17, 15) is 4.79 Å². The van der Waals surface area contributed by atoms with Crippen LogP contribution < -0.4 is 5.32 Å². The van der Waals surface area contributed by atoms with E-state index in [-0.39, 0.29) is 12.3 Å². The Morgan fingerprint density at radius 1 is 1.28 bits per heavy atom. The van der Waals surface area contributed by atoms with Gasteiger partial charge in [-0.15, -0.1) is 0 Å². The molecule has 0 spiro atoms. The van der Waals surface area contributed by atoms with Crippen LogP contribution in [0.2, 0.25) is 0 Å². The molecule has 0 bridgehead atoms. The van der Waals surface area contributed by atoms with Crippen molar-refractivity contribution in [3.05, 3.63) is 47.5 Å². The number of rotatable bonds is 3. The van der Waals surface area contributed by atoms with Crippen LogP contribution in [0.25, 0.3) is 0 Å². The molecule has 0 aliphatic rings. The van der Waals surface area contributed by atoms with Crippen LogP contribution in [0, 0.1) is 13.8 Å². The number of nitrogens with zero attached hydrogens (tertiary/aromatic N) is 2. The summed E-state index contributed by atoms with van der Waals surface area (Å²) in [6, 6.07) is 6.00. The fourth-order valence-electron chi connectivity index (χ4n) is 1.96. The number of nitrogens with one attached hydrogen (secondary N) is 1. The van der Waals surface area contributed by atoms with Crippen LogP contribution in [0.15, 0.2) is 30.6 Å². The van der Waals surface area contributed by atoms with E-state index in [0.29, 0.717) is 0 Å². The van der Waals surface area contributed by atoms with Crippen molar-refractivity contribution in [2.45, 2.75) is 20.3 Å². The molecule has 1 aromatic carbocycles. The normalized spacial score (nSPS) is 10.4. The highest BCUT2D eigenvalue weighted by Gasteiger charge is 2.08. The molecular weight excluding hydrogens is 226 g/mol. The zero-order chi connectivity index (χ0) is 13.1. The standard InChI is InChI=1S/C14H17N3O/c1-10-6-11(2)8-12(7-10)16-14(18)9-13-15-4-5-17(13)3/h4-8H,9H2,1-3H3,(H,16,18). The van der Waals surface area contributed by atoms with Gasteiger partial charge in [-0.25, -0.2) is 4.98 Å². The fraction of sp³-hybridized carbons (Fsp3) is 0.286. The lowest BCUT2D eigenvalue weighted by Gasteiger charge is -2.07. The minimum atomic E-state index is -0.0469. The Kier molecular flexibility index (Phi) is 3.46. The van der Waals surface area contributed by atoms with Crippen molar-refractivity contribution >= 4 is 11.6 Å². The summed E-state index contributed by atoms with van der Waals surface area (Å²) in [6.45, 7) is 4.03. The summed E-state index contributed by atoms with van der Waals surface area (Å²) >= 11 is 0. The quantitative estimate of drug-likeness (QED) is 0.898. The number of hydrogen-bond donors (Lipinski definition) is 1. The maximum Gasteiger partial charge on any atom is 0.231 e. The molecule has 0 radical (unpaired) electrons. The van der Waals surface area contributed by atoms with Crippen molar-refractivity contribution in [3.8, 4) is 0 Å². The molecule has 18 heavy (non-hydrogen) atoms. The van der Waals surface area contributed by atoms with Crippen molar-refractivity contribution in [1.82, 2.24) is 9.55 Å². The summed E-state index contributed by atoms with van der Waals surface area (Å²) in [5.41, 5.74) is 3.12. The Labute approximate surface area is 107 Å². The molecule has 0 atom stereocenters. The number of aryl methyl sites for hydroxylation is 3. The van der Waals surface area contributed by atoms with E-state index in [2.05, 4.69) is 16.4 Å². The van der Waals surface area contributed by atoms with Crippen LogP contribution in [-0.4, -0.2) is 15.5 Å². The smallest absolute Gasteiger partial charge is 0.231 e. The van der Waals surface area contributed by atoms with E-state index in [0.717, 1.165) is 22.6 Å². The van der Waals surface area contributed by atoms with Crippen molar-refractivity contribution in [3.63, 3.8) is 0 Å². The molecular formula is C14H17N3O. The van der Waals surface area contributed by atoms with Crippen molar-refractivity contribution < 1.29 is 4.79 Å². The van der Waals surface area contributed by atoms with E-state index in [1.807, 2.05) is 43.8 Å². The molecule has 94 valence electrons. The molecule has 2 aromatic rings. The van der Waals surface area contributed by atoms with E-state index >= 15 is 0 Å². The minimum Gasteiger partial charge on any atom is -0.338 e. The van der Waals surface area contributed by atoms with Gasteiger partial charge < -0.3 is 9.88 Å². The largest absolute Gasteiger partial charge is 0.338 e. The molecule has 4 heteroatoms. The van der Waals surface area contributed by atoms with Gasteiger partial charge in [0.1, 0.15) is 5.82 Å². The van der Waals surface area contributed by atoms with Crippen molar-refractivity contribution in [1.29, 1.82) is 0 Å². The topological polar surface area (TPSA) is 46.9 Å².